The number of rotatable bonds is 1. The third-order valence-electron chi connectivity index (χ3n) is 1.52. The molecule has 0 aliphatic rings. The van der Waals surface area contributed by atoms with Crippen LogP contribution in [0.15, 0.2) is 24.5 Å². The Morgan fingerprint density at radius 1 is 1.42 bits per heavy atom. The van der Waals surface area contributed by atoms with Crippen molar-refractivity contribution in [3.63, 3.8) is 0 Å². The lowest BCUT2D eigenvalue weighted by Gasteiger charge is -1.86. The van der Waals surface area contributed by atoms with Crippen LogP contribution < -0.4 is 5.59 Å². The van der Waals surface area contributed by atoms with Crippen LogP contribution in [0.2, 0.25) is 0 Å². The van der Waals surface area contributed by atoms with Gasteiger partial charge in [0.05, 0.1) is 5.59 Å². The summed E-state index contributed by atoms with van der Waals surface area (Å²) in [6.07, 6.45) is 3.07. The normalized spacial score (nSPS) is 10.5. The van der Waals surface area contributed by atoms with Gasteiger partial charge in [-0.3, -0.25) is 0 Å². The Balaban J connectivity index is 2.62. The molecule has 0 amide bonds. The van der Waals surface area contributed by atoms with Crippen LogP contribution in [-0.2, 0) is 0 Å². The second-order valence-electron chi connectivity index (χ2n) is 2.37. The fourth-order valence-electron chi connectivity index (χ4n) is 0.974. The standard InChI is InChI=1S/C6H6BN3O2/c11-7(12)5-4-10-6(9-5)2-1-3-8-10/h1-4,11-12H. The van der Waals surface area contributed by atoms with Crippen molar-refractivity contribution in [3.8, 4) is 0 Å². The molecule has 2 rings (SSSR count). The van der Waals surface area contributed by atoms with Crippen LogP contribution in [0.25, 0.3) is 5.65 Å². The summed E-state index contributed by atoms with van der Waals surface area (Å²) >= 11 is 0. The lowest BCUT2D eigenvalue weighted by atomic mass is 9.87. The summed E-state index contributed by atoms with van der Waals surface area (Å²) in [7, 11) is -1.54. The lowest BCUT2D eigenvalue weighted by Crippen LogP contribution is -2.30. The van der Waals surface area contributed by atoms with Gasteiger partial charge in [0.1, 0.15) is 0 Å². The molecule has 2 N–H and O–H groups in total. The fourth-order valence-corrected chi connectivity index (χ4v) is 0.974. The Bertz CT molecular complexity index is 367. The molecule has 0 spiro atoms. The highest BCUT2D eigenvalue weighted by molar-refractivity contribution is 6.57. The number of hydrogen-bond acceptors (Lipinski definition) is 4. The quantitative estimate of drug-likeness (QED) is 0.497. The van der Waals surface area contributed by atoms with E-state index < -0.39 is 7.12 Å². The van der Waals surface area contributed by atoms with Crippen molar-refractivity contribution in [1.29, 1.82) is 0 Å². The van der Waals surface area contributed by atoms with Gasteiger partial charge in [0.2, 0.25) is 0 Å². The third-order valence-corrected chi connectivity index (χ3v) is 1.52. The van der Waals surface area contributed by atoms with Crippen LogP contribution in [0.5, 0.6) is 0 Å². The molecule has 0 fully saturated rings. The Kier molecular flexibility index (Phi) is 1.56. The Labute approximate surface area is 68.4 Å². The molecule has 2 aromatic heterocycles. The van der Waals surface area contributed by atoms with Gasteiger partial charge in [-0.2, -0.15) is 5.10 Å². The van der Waals surface area contributed by atoms with E-state index in [2.05, 4.69) is 10.1 Å². The summed E-state index contributed by atoms with van der Waals surface area (Å²) in [5.74, 6) is 0. The van der Waals surface area contributed by atoms with E-state index >= 15 is 0 Å². The maximum atomic E-state index is 8.78. The molecular formula is C6H6BN3O2. The predicted octanol–water partition coefficient (Wildman–Crippen LogP) is -1.59. The first-order chi connectivity index (χ1) is 5.77. The SMILES string of the molecule is OB(O)c1cn2ncccc2n1. The van der Waals surface area contributed by atoms with Crippen LogP contribution in [0.3, 0.4) is 0 Å². The van der Waals surface area contributed by atoms with Crippen molar-refractivity contribution in [2.75, 3.05) is 0 Å². The second kappa shape index (κ2) is 2.58. The number of nitrogens with zero attached hydrogens (tertiary/aromatic N) is 3. The largest absolute Gasteiger partial charge is 0.509 e. The van der Waals surface area contributed by atoms with Gasteiger partial charge in [-0.15, -0.1) is 0 Å². The van der Waals surface area contributed by atoms with Crippen LogP contribution in [-0.4, -0.2) is 31.8 Å². The zero-order chi connectivity index (χ0) is 8.55. The minimum Gasteiger partial charge on any atom is -0.422 e. The van der Waals surface area contributed by atoms with Crippen LogP contribution >= 0.6 is 0 Å². The van der Waals surface area contributed by atoms with Crippen molar-refractivity contribution in [2.24, 2.45) is 0 Å². The Morgan fingerprint density at radius 2 is 2.25 bits per heavy atom. The molecule has 0 bridgehead atoms. The van der Waals surface area contributed by atoms with E-state index in [0.29, 0.717) is 5.65 Å². The maximum absolute atomic E-state index is 8.78. The Hall–Kier alpha value is -1.40. The molecule has 5 nitrogen and oxygen atoms in total. The van der Waals surface area contributed by atoms with Gasteiger partial charge in [0.15, 0.2) is 5.65 Å². The summed E-state index contributed by atoms with van der Waals surface area (Å²) in [5.41, 5.74) is 0.800. The van der Waals surface area contributed by atoms with Crippen LogP contribution in [0, 0.1) is 0 Å². The third kappa shape index (κ3) is 1.07. The van der Waals surface area contributed by atoms with Gasteiger partial charge in [-0.25, -0.2) is 9.50 Å². The fraction of sp³-hybridized carbons (Fsp3) is 0. The second-order valence-corrected chi connectivity index (χ2v) is 2.37. The van der Waals surface area contributed by atoms with E-state index in [1.807, 2.05) is 0 Å². The minimum atomic E-state index is -1.54. The van der Waals surface area contributed by atoms with E-state index in [-0.39, 0.29) is 5.59 Å². The summed E-state index contributed by atoms with van der Waals surface area (Å²) in [6, 6.07) is 3.47. The average Bonchev–Trinajstić information content (AvgIpc) is 2.46. The minimum absolute atomic E-state index is 0.203. The van der Waals surface area contributed by atoms with Crippen molar-refractivity contribution in [2.45, 2.75) is 0 Å². The average molecular weight is 163 g/mol. The van der Waals surface area contributed by atoms with E-state index in [9.17, 15) is 0 Å². The molecule has 0 radical (unpaired) electrons. The highest BCUT2D eigenvalue weighted by Crippen LogP contribution is 1.93. The molecule has 6 heteroatoms. The molecule has 0 unspecified atom stereocenters. The highest BCUT2D eigenvalue weighted by atomic mass is 16.4. The van der Waals surface area contributed by atoms with Crippen molar-refractivity contribution in [1.82, 2.24) is 14.6 Å². The van der Waals surface area contributed by atoms with Crippen molar-refractivity contribution in [3.05, 3.63) is 24.5 Å². The molecule has 60 valence electrons. The summed E-state index contributed by atoms with van der Waals surface area (Å²) in [5, 5.41) is 21.5. The van der Waals surface area contributed by atoms with Gasteiger partial charge in [-0.1, -0.05) is 0 Å². The lowest BCUT2D eigenvalue weighted by molar-refractivity contribution is 0.424. The van der Waals surface area contributed by atoms with Gasteiger partial charge < -0.3 is 10.0 Å². The first-order valence-corrected chi connectivity index (χ1v) is 3.44. The number of imidazole rings is 1. The van der Waals surface area contributed by atoms with Gasteiger partial charge in [0, 0.05) is 12.4 Å². The van der Waals surface area contributed by atoms with E-state index in [1.54, 1.807) is 18.3 Å². The first-order valence-electron chi connectivity index (χ1n) is 3.44. The molecule has 2 aromatic rings. The monoisotopic (exact) mass is 163 g/mol. The molecule has 0 aliphatic heterocycles. The van der Waals surface area contributed by atoms with E-state index in [4.69, 9.17) is 10.0 Å². The molecule has 12 heavy (non-hydrogen) atoms. The molecule has 2 heterocycles. The molecule has 0 aliphatic carbocycles. The topological polar surface area (TPSA) is 70.7 Å². The molecule has 0 atom stereocenters. The number of aromatic nitrogens is 3. The molecule has 0 saturated carbocycles. The van der Waals surface area contributed by atoms with Gasteiger partial charge in [0.25, 0.3) is 0 Å². The van der Waals surface area contributed by atoms with Crippen molar-refractivity contribution < 1.29 is 10.0 Å². The summed E-state index contributed by atoms with van der Waals surface area (Å²) in [6.45, 7) is 0. The number of fused-ring (bicyclic) bond motifs is 1. The van der Waals surface area contributed by atoms with Crippen LogP contribution in [0.4, 0.5) is 0 Å². The molecule has 0 aromatic carbocycles. The van der Waals surface area contributed by atoms with Crippen molar-refractivity contribution >= 4 is 18.4 Å². The van der Waals surface area contributed by atoms with Gasteiger partial charge >= 0.3 is 7.12 Å². The smallest absolute Gasteiger partial charge is 0.422 e. The van der Waals surface area contributed by atoms with Crippen LogP contribution in [0.1, 0.15) is 0 Å². The summed E-state index contributed by atoms with van der Waals surface area (Å²) in [4.78, 5) is 3.91. The number of hydrogen-bond donors (Lipinski definition) is 2. The first kappa shape index (κ1) is 7.26. The molecule has 0 saturated heterocycles. The summed E-state index contributed by atoms with van der Waals surface area (Å²) < 4.78 is 1.48. The maximum Gasteiger partial charge on any atom is 0.509 e. The van der Waals surface area contributed by atoms with E-state index in [0.717, 1.165) is 0 Å². The van der Waals surface area contributed by atoms with E-state index in [1.165, 1.54) is 10.7 Å². The highest BCUT2D eigenvalue weighted by Gasteiger charge is 2.14. The Morgan fingerprint density at radius 3 is 2.92 bits per heavy atom. The zero-order valence-corrected chi connectivity index (χ0v) is 6.12. The van der Waals surface area contributed by atoms with Gasteiger partial charge in [-0.05, 0) is 12.1 Å². The molecular weight excluding hydrogens is 157 g/mol. The predicted molar refractivity (Wildman–Crippen MR) is 42.8 cm³/mol. The zero-order valence-electron chi connectivity index (χ0n) is 6.12.